The molecule has 0 heterocycles. The van der Waals surface area contributed by atoms with Crippen molar-refractivity contribution in [1.29, 1.82) is 0 Å². The number of hydrogen-bond donors (Lipinski definition) is 0. The first-order chi connectivity index (χ1) is 7.86. The van der Waals surface area contributed by atoms with E-state index in [4.69, 9.17) is 0 Å². The standard InChI is InChI=1S/C17H27.2ClH.Zr/c1-13(2)16(3,4)15-10-11-17(5,12-15)14-8-6-7-9-14;;;/h6,8,13,15H,7,10-12H2,1-5H3;2*1H;/q-1;;;. The van der Waals surface area contributed by atoms with E-state index < -0.39 is 0 Å². The van der Waals surface area contributed by atoms with Gasteiger partial charge in [0.15, 0.2) is 0 Å². The van der Waals surface area contributed by atoms with Crippen molar-refractivity contribution in [2.24, 2.45) is 22.7 Å². The molecule has 2 aliphatic rings. The fourth-order valence-electron chi connectivity index (χ4n) is 3.41. The van der Waals surface area contributed by atoms with E-state index in [1.807, 2.05) is 0 Å². The summed E-state index contributed by atoms with van der Waals surface area (Å²) in [4.78, 5) is 0. The Morgan fingerprint density at radius 3 is 2.35 bits per heavy atom. The summed E-state index contributed by atoms with van der Waals surface area (Å²) in [5, 5.41) is 0. The first-order valence-corrected chi connectivity index (χ1v) is 7.14. The molecular weight excluding hydrogens is 366 g/mol. The minimum absolute atomic E-state index is 0. The third-order valence-electron chi connectivity index (χ3n) is 5.63. The zero-order valence-electron chi connectivity index (χ0n) is 13.5. The summed E-state index contributed by atoms with van der Waals surface area (Å²) in [5.74, 6) is 1.64. The second-order valence-corrected chi connectivity index (χ2v) is 7.17. The van der Waals surface area contributed by atoms with Crippen LogP contribution in [0.1, 0.15) is 60.3 Å². The Labute approximate surface area is 157 Å². The fraction of sp³-hybridized carbons (Fsp3) is 0.765. The Balaban J connectivity index is 0. The van der Waals surface area contributed by atoms with E-state index in [0.717, 1.165) is 18.3 Å². The molecule has 2 unspecified atom stereocenters. The Morgan fingerprint density at radius 2 is 1.90 bits per heavy atom. The van der Waals surface area contributed by atoms with Crippen molar-refractivity contribution < 1.29 is 26.2 Å². The molecule has 0 aromatic heterocycles. The smallest absolute Gasteiger partial charge is 0 e. The molecule has 2 atom stereocenters. The second-order valence-electron chi connectivity index (χ2n) is 7.17. The number of hydrogen-bond acceptors (Lipinski definition) is 0. The van der Waals surface area contributed by atoms with Crippen LogP contribution in [0.2, 0.25) is 0 Å². The molecule has 20 heavy (non-hydrogen) atoms. The van der Waals surface area contributed by atoms with Crippen LogP contribution in [0.25, 0.3) is 0 Å². The van der Waals surface area contributed by atoms with Crippen LogP contribution in [0.15, 0.2) is 17.7 Å². The molecule has 3 heteroatoms. The number of allylic oxidation sites excluding steroid dienone is 4. The predicted octanol–water partition coefficient (Wildman–Crippen LogP) is 6.01. The molecule has 0 nitrogen and oxygen atoms in total. The fourth-order valence-corrected chi connectivity index (χ4v) is 3.41. The van der Waals surface area contributed by atoms with Gasteiger partial charge in [0.25, 0.3) is 0 Å². The van der Waals surface area contributed by atoms with E-state index in [1.54, 1.807) is 0 Å². The third kappa shape index (κ3) is 4.47. The number of halogens is 2. The van der Waals surface area contributed by atoms with Gasteiger partial charge in [-0.1, -0.05) is 34.6 Å². The Morgan fingerprint density at radius 1 is 1.30 bits per heavy atom. The Kier molecular flexibility index (Phi) is 9.92. The van der Waals surface area contributed by atoms with Crippen molar-refractivity contribution in [2.45, 2.75) is 60.3 Å². The SMILES string of the molecule is CC(C)C(C)(C)C1CCC(C)(C2=[C-]CC=C2)C1.Cl.Cl.[Zr]. The van der Waals surface area contributed by atoms with E-state index >= 15 is 0 Å². The summed E-state index contributed by atoms with van der Waals surface area (Å²) in [6, 6.07) is 0. The first-order valence-electron chi connectivity index (χ1n) is 7.14. The summed E-state index contributed by atoms with van der Waals surface area (Å²) >= 11 is 0. The van der Waals surface area contributed by atoms with Gasteiger partial charge in [-0.3, -0.25) is 6.08 Å². The average Bonchev–Trinajstić information content (AvgIpc) is 2.86. The maximum atomic E-state index is 3.55. The molecule has 0 aromatic carbocycles. The summed E-state index contributed by atoms with van der Waals surface area (Å²) in [6.07, 6.45) is 13.2. The zero-order chi connectivity index (χ0) is 12.7. The van der Waals surface area contributed by atoms with Crippen LogP contribution in [-0.2, 0) is 26.2 Å². The summed E-state index contributed by atoms with van der Waals surface area (Å²) in [6.45, 7) is 12.1. The third-order valence-corrected chi connectivity index (χ3v) is 5.63. The van der Waals surface area contributed by atoms with E-state index in [1.165, 1.54) is 24.8 Å². The van der Waals surface area contributed by atoms with Crippen LogP contribution in [0.4, 0.5) is 0 Å². The van der Waals surface area contributed by atoms with Gasteiger partial charge in [-0.15, -0.1) is 31.2 Å². The summed E-state index contributed by atoms with van der Waals surface area (Å²) in [5.41, 5.74) is 2.37. The predicted molar refractivity (Wildman–Crippen MR) is 89.1 cm³/mol. The molecule has 0 spiro atoms. The molecule has 0 N–H and O–H groups in total. The van der Waals surface area contributed by atoms with Crippen molar-refractivity contribution >= 4 is 24.8 Å². The molecule has 1 saturated carbocycles. The second kappa shape index (κ2) is 8.54. The van der Waals surface area contributed by atoms with E-state index in [9.17, 15) is 0 Å². The molecule has 2 rings (SSSR count). The molecule has 1 fully saturated rings. The van der Waals surface area contributed by atoms with Crippen molar-refractivity contribution in [3.63, 3.8) is 0 Å². The maximum absolute atomic E-state index is 3.55. The van der Waals surface area contributed by atoms with E-state index in [0.29, 0.717) is 10.8 Å². The molecular formula is C17H29Cl2Zr-. The largest absolute Gasteiger partial charge is 0.269 e. The molecule has 116 valence electrons. The van der Waals surface area contributed by atoms with Gasteiger partial charge in [0.1, 0.15) is 0 Å². The minimum Gasteiger partial charge on any atom is -0.269 e. The van der Waals surface area contributed by atoms with Gasteiger partial charge < -0.3 is 0 Å². The van der Waals surface area contributed by atoms with E-state index in [-0.39, 0.29) is 51.0 Å². The Bertz CT molecular complexity index is 358. The van der Waals surface area contributed by atoms with Gasteiger partial charge in [-0.25, -0.2) is 11.6 Å². The molecule has 2 aliphatic carbocycles. The van der Waals surface area contributed by atoms with Crippen molar-refractivity contribution in [3.05, 3.63) is 23.8 Å². The van der Waals surface area contributed by atoms with Crippen LogP contribution in [0, 0.1) is 28.7 Å². The van der Waals surface area contributed by atoms with Gasteiger partial charge >= 0.3 is 0 Å². The van der Waals surface area contributed by atoms with Crippen LogP contribution in [0.3, 0.4) is 0 Å². The normalized spacial score (nSPS) is 28.5. The van der Waals surface area contributed by atoms with Crippen LogP contribution >= 0.6 is 24.8 Å². The van der Waals surface area contributed by atoms with Gasteiger partial charge in [0.05, 0.1) is 0 Å². The quantitative estimate of drug-likeness (QED) is 0.514. The molecule has 0 bridgehead atoms. The summed E-state index contributed by atoms with van der Waals surface area (Å²) in [7, 11) is 0. The summed E-state index contributed by atoms with van der Waals surface area (Å²) < 4.78 is 0. The van der Waals surface area contributed by atoms with Gasteiger partial charge in [-0.2, -0.15) is 6.08 Å². The van der Waals surface area contributed by atoms with Crippen molar-refractivity contribution in [3.8, 4) is 0 Å². The topological polar surface area (TPSA) is 0 Å². The average molecular weight is 396 g/mol. The molecule has 0 radical (unpaired) electrons. The van der Waals surface area contributed by atoms with E-state index in [2.05, 4.69) is 52.8 Å². The van der Waals surface area contributed by atoms with Gasteiger partial charge in [0, 0.05) is 26.2 Å². The number of rotatable bonds is 3. The molecule has 0 amide bonds. The molecule has 0 aromatic rings. The monoisotopic (exact) mass is 393 g/mol. The van der Waals surface area contributed by atoms with Crippen molar-refractivity contribution in [2.75, 3.05) is 0 Å². The first kappa shape index (κ1) is 23.2. The molecule has 0 aliphatic heterocycles. The van der Waals surface area contributed by atoms with Crippen LogP contribution in [0.5, 0.6) is 0 Å². The maximum Gasteiger partial charge on any atom is 0 e. The zero-order valence-corrected chi connectivity index (χ0v) is 17.5. The van der Waals surface area contributed by atoms with Gasteiger partial charge in [-0.05, 0) is 41.9 Å². The van der Waals surface area contributed by atoms with Gasteiger partial charge in [0.2, 0.25) is 0 Å². The molecule has 0 saturated heterocycles. The minimum atomic E-state index is 0. The van der Waals surface area contributed by atoms with Crippen molar-refractivity contribution in [1.82, 2.24) is 0 Å². The van der Waals surface area contributed by atoms with Crippen LogP contribution in [-0.4, -0.2) is 0 Å². The van der Waals surface area contributed by atoms with Crippen LogP contribution < -0.4 is 0 Å². The Hall–Kier alpha value is 0.943.